The minimum atomic E-state index is -1.22. The molecule has 0 aromatic heterocycles. The van der Waals surface area contributed by atoms with E-state index in [-0.39, 0.29) is 12.3 Å². The molecule has 0 aliphatic carbocycles. The lowest BCUT2D eigenvalue weighted by Crippen LogP contribution is -2.47. The molecular formula is C27H31Cl2N3O4. The van der Waals surface area contributed by atoms with E-state index in [2.05, 4.69) is 25.2 Å². The topological polar surface area (TPSA) is 125 Å². The Morgan fingerprint density at radius 2 is 1.83 bits per heavy atom. The van der Waals surface area contributed by atoms with Crippen LogP contribution in [0.15, 0.2) is 48.5 Å². The van der Waals surface area contributed by atoms with Gasteiger partial charge in [0.1, 0.15) is 18.1 Å². The largest absolute Gasteiger partial charge is 0.462 e. The average molecular weight is 532 g/mol. The number of nitrogens with two attached hydrogens (primary N) is 1. The van der Waals surface area contributed by atoms with Gasteiger partial charge in [-0.05, 0) is 41.3 Å². The predicted octanol–water partition coefficient (Wildman–Crippen LogP) is 4.09. The highest BCUT2D eigenvalue weighted by atomic mass is 35.5. The van der Waals surface area contributed by atoms with Gasteiger partial charge < -0.3 is 15.6 Å². The number of hydrogen-bond acceptors (Lipinski definition) is 6. The molecule has 192 valence electrons. The number of carbonyl (C=O) groups is 2. The number of carbonyl (C=O) groups excluding carboxylic acids is 2. The number of primary amides is 1. The summed E-state index contributed by atoms with van der Waals surface area (Å²) in [6.07, 6.45) is 0.0233. The van der Waals surface area contributed by atoms with E-state index in [1.54, 1.807) is 30.3 Å². The van der Waals surface area contributed by atoms with Gasteiger partial charge in [-0.2, -0.15) is 5.26 Å². The zero-order valence-corrected chi connectivity index (χ0v) is 21.8. The Kier molecular flexibility index (Phi) is 9.37. The monoisotopic (exact) mass is 531 g/mol. The summed E-state index contributed by atoms with van der Waals surface area (Å²) in [5, 5.41) is 25.3. The number of nitriles is 1. The summed E-state index contributed by atoms with van der Waals surface area (Å²) < 4.78 is 5.44. The molecule has 7 nitrogen and oxygen atoms in total. The Balaban J connectivity index is 2.15. The third-order valence-corrected chi connectivity index (χ3v) is 7.50. The van der Waals surface area contributed by atoms with Crippen molar-refractivity contribution >= 4 is 35.1 Å². The van der Waals surface area contributed by atoms with Crippen LogP contribution in [0.25, 0.3) is 0 Å². The van der Waals surface area contributed by atoms with Crippen LogP contribution in [0.5, 0.6) is 0 Å². The molecule has 5 atom stereocenters. The zero-order chi connectivity index (χ0) is 26.5. The number of amides is 1. The standard InChI is InChI=1S/C27H31Cl2N3O4/c1-3-16(4-2)25-27(15-30,18-8-10-19(28)11-9-18)23(17-6-5-7-20(29)12-17)24(32-25)26(35)36-14-21(33)13-22(31)34/h5-12,16,21,23-25,32-33H,3-4,13-14H2,1-2H3,(H2,31,34)/t21-,23-,24+,25+,27+/m0/s1. The fourth-order valence-electron chi connectivity index (χ4n) is 5.35. The lowest BCUT2D eigenvalue weighted by atomic mass is 9.62. The van der Waals surface area contributed by atoms with Crippen LogP contribution in [0.2, 0.25) is 10.0 Å². The summed E-state index contributed by atoms with van der Waals surface area (Å²) in [5.74, 6) is -1.92. The number of aliphatic hydroxyl groups is 1. The molecule has 1 amide bonds. The van der Waals surface area contributed by atoms with Gasteiger partial charge in [-0.1, -0.05) is 74.2 Å². The highest BCUT2D eigenvalue weighted by molar-refractivity contribution is 6.30. The van der Waals surface area contributed by atoms with Crippen LogP contribution in [0.3, 0.4) is 0 Å². The Labute approximate surface area is 221 Å². The van der Waals surface area contributed by atoms with Gasteiger partial charge in [-0.25, -0.2) is 0 Å². The fraction of sp³-hybridized carbons (Fsp3) is 0.444. The first-order chi connectivity index (χ1) is 17.2. The number of halogens is 2. The third-order valence-electron chi connectivity index (χ3n) is 7.02. The quantitative estimate of drug-likeness (QED) is 0.396. The lowest BCUT2D eigenvalue weighted by Gasteiger charge is -2.38. The van der Waals surface area contributed by atoms with Gasteiger partial charge in [0.2, 0.25) is 5.91 Å². The molecule has 36 heavy (non-hydrogen) atoms. The first-order valence-corrected chi connectivity index (χ1v) is 12.7. The molecule has 9 heteroatoms. The van der Waals surface area contributed by atoms with E-state index in [4.69, 9.17) is 33.7 Å². The number of aliphatic hydroxyl groups excluding tert-OH is 1. The van der Waals surface area contributed by atoms with Crippen LogP contribution in [0, 0.1) is 17.2 Å². The summed E-state index contributed by atoms with van der Waals surface area (Å²) in [4.78, 5) is 24.6. The molecule has 1 aliphatic rings. The van der Waals surface area contributed by atoms with E-state index < -0.39 is 48.0 Å². The van der Waals surface area contributed by atoms with Crippen molar-refractivity contribution in [3.05, 3.63) is 69.7 Å². The van der Waals surface area contributed by atoms with Gasteiger partial charge in [0.25, 0.3) is 0 Å². The molecular weight excluding hydrogens is 501 g/mol. The molecule has 1 fully saturated rings. The summed E-state index contributed by atoms with van der Waals surface area (Å²) >= 11 is 12.5. The second kappa shape index (κ2) is 12.1. The van der Waals surface area contributed by atoms with Crippen molar-refractivity contribution in [1.82, 2.24) is 5.32 Å². The first-order valence-electron chi connectivity index (χ1n) is 12.0. The van der Waals surface area contributed by atoms with Crippen molar-refractivity contribution in [3.63, 3.8) is 0 Å². The SMILES string of the molecule is CCC(CC)[C@H]1N[C@@H](C(=O)OC[C@@H](O)CC(N)=O)[C@H](c2cccc(Cl)c2)[C@@]1(C#N)c1ccc(Cl)cc1. The number of ether oxygens (including phenoxy) is 1. The average Bonchev–Trinajstić information content (AvgIpc) is 3.19. The zero-order valence-electron chi connectivity index (χ0n) is 20.3. The van der Waals surface area contributed by atoms with E-state index >= 15 is 0 Å². The van der Waals surface area contributed by atoms with E-state index in [9.17, 15) is 20.0 Å². The van der Waals surface area contributed by atoms with Gasteiger partial charge >= 0.3 is 5.97 Å². The smallest absolute Gasteiger partial charge is 0.323 e. The molecule has 2 aromatic carbocycles. The molecule has 0 saturated carbocycles. The number of nitrogens with zero attached hydrogens (tertiary/aromatic N) is 1. The Morgan fingerprint density at radius 3 is 2.39 bits per heavy atom. The third kappa shape index (κ3) is 5.68. The number of benzene rings is 2. The maximum absolute atomic E-state index is 13.5. The predicted molar refractivity (Wildman–Crippen MR) is 138 cm³/mol. The van der Waals surface area contributed by atoms with E-state index in [0.717, 1.165) is 18.4 Å². The second-order valence-corrected chi connectivity index (χ2v) is 10.0. The Bertz CT molecular complexity index is 1120. The molecule has 1 heterocycles. The van der Waals surface area contributed by atoms with Gasteiger partial charge in [0.15, 0.2) is 0 Å². The van der Waals surface area contributed by atoms with Gasteiger partial charge in [-0.15, -0.1) is 0 Å². The minimum Gasteiger partial charge on any atom is -0.462 e. The second-order valence-electron chi connectivity index (χ2n) is 9.17. The van der Waals surface area contributed by atoms with E-state index in [0.29, 0.717) is 15.6 Å². The van der Waals surface area contributed by atoms with Crippen LogP contribution in [0.1, 0.15) is 50.2 Å². The van der Waals surface area contributed by atoms with Crippen LogP contribution < -0.4 is 11.1 Å². The molecule has 2 aromatic rings. The highest BCUT2D eigenvalue weighted by Crippen LogP contribution is 2.52. The first kappa shape index (κ1) is 27.9. The number of hydrogen-bond donors (Lipinski definition) is 3. The van der Waals surface area contributed by atoms with E-state index in [1.807, 2.05) is 18.2 Å². The Morgan fingerprint density at radius 1 is 1.17 bits per heavy atom. The van der Waals surface area contributed by atoms with Crippen molar-refractivity contribution < 1.29 is 19.4 Å². The molecule has 1 aliphatic heterocycles. The normalized spacial score (nSPS) is 24.3. The van der Waals surface area contributed by atoms with Crippen LogP contribution in [0.4, 0.5) is 0 Å². The molecule has 0 bridgehead atoms. The van der Waals surface area contributed by atoms with Crippen molar-refractivity contribution in [3.8, 4) is 6.07 Å². The van der Waals surface area contributed by atoms with Crippen LogP contribution >= 0.6 is 23.2 Å². The molecule has 3 rings (SSSR count). The van der Waals surface area contributed by atoms with Crippen molar-refractivity contribution in [2.45, 2.75) is 62.6 Å². The number of nitrogens with one attached hydrogen (secondary N) is 1. The van der Waals surface area contributed by atoms with Crippen molar-refractivity contribution in [2.75, 3.05) is 6.61 Å². The van der Waals surface area contributed by atoms with E-state index in [1.165, 1.54) is 0 Å². The minimum absolute atomic E-state index is 0.0697. The molecule has 0 unspecified atom stereocenters. The molecule has 4 N–H and O–H groups in total. The maximum atomic E-state index is 13.5. The van der Waals surface area contributed by atoms with Gasteiger partial charge in [0, 0.05) is 22.0 Å². The summed E-state index contributed by atoms with van der Waals surface area (Å²) in [6.45, 7) is 3.72. The molecule has 0 spiro atoms. The summed E-state index contributed by atoms with van der Waals surface area (Å²) in [6, 6.07) is 15.5. The molecule has 0 radical (unpaired) electrons. The highest BCUT2D eigenvalue weighted by Gasteiger charge is 2.61. The lowest BCUT2D eigenvalue weighted by molar-refractivity contribution is -0.150. The van der Waals surface area contributed by atoms with Crippen LogP contribution in [-0.4, -0.2) is 41.8 Å². The van der Waals surface area contributed by atoms with Crippen molar-refractivity contribution in [2.24, 2.45) is 11.7 Å². The molecule has 1 saturated heterocycles. The summed E-state index contributed by atoms with van der Waals surface area (Å²) in [7, 11) is 0. The number of rotatable bonds is 10. The Hall–Kier alpha value is -2.63. The van der Waals surface area contributed by atoms with Gasteiger partial charge in [0.05, 0.1) is 18.6 Å². The number of esters is 1. The van der Waals surface area contributed by atoms with Crippen LogP contribution in [-0.2, 0) is 19.7 Å². The fourth-order valence-corrected chi connectivity index (χ4v) is 5.68. The van der Waals surface area contributed by atoms with Crippen molar-refractivity contribution in [1.29, 1.82) is 5.26 Å². The summed E-state index contributed by atoms with van der Waals surface area (Å²) in [5.41, 5.74) is 5.42. The van der Waals surface area contributed by atoms with Gasteiger partial charge in [-0.3, -0.25) is 14.9 Å². The maximum Gasteiger partial charge on any atom is 0.323 e.